The highest BCUT2D eigenvalue weighted by Gasteiger charge is 2.07. The Labute approximate surface area is 112 Å². The van der Waals surface area contributed by atoms with E-state index in [0.29, 0.717) is 6.54 Å². The molecule has 0 amide bonds. The van der Waals surface area contributed by atoms with Crippen LogP contribution in [0, 0.1) is 6.92 Å². The van der Waals surface area contributed by atoms with Crippen molar-refractivity contribution in [3.05, 3.63) is 24.0 Å². The maximum atomic E-state index is 9.40. The van der Waals surface area contributed by atoms with Crippen molar-refractivity contribution in [1.82, 2.24) is 9.55 Å². The van der Waals surface area contributed by atoms with Crippen LogP contribution in [0.5, 0.6) is 0 Å². The summed E-state index contributed by atoms with van der Waals surface area (Å²) in [5, 5.41) is 12.6. The van der Waals surface area contributed by atoms with Crippen LogP contribution in [0.1, 0.15) is 12.7 Å². The molecular weight excluding hydrogens is 250 g/mol. The second kappa shape index (κ2) is 5.59. The Kier molecular flexibility index (Phi) is 4.09. The molecule has 0 saturated carbocycles. The zero-order chi connectivity index (χ0) is 13.1. The number of aromatic nitrogens is 2. The molecule has 5 heteroatoms. The lowest BCUT2D eigenvalue weighted by Gasteiger charge is -2.10. The summed E-state index contributed by atoms with van der Waals surface area (Å²) in [6.07, 6.45) is -0.530. The van der Waals surface area contributed by atoms with E-state index in [9.17, 15) is 5.11 Å². The van der Waals surface area contributed by atoms with E-state index in [1.165, 1.54) is 0 Å². The number of hydrogen-bond acceptors (Lipinski definition) is 3. The third-order valence-electron chi connectivity index (χ3n) is 2.98. The van der Waals surface area contributed by atoms with Gasteiger partial charge in [-0.3, -0.25) is 0 Å². The van der Waals surface area contributed by atoms with Crippen LogP contribution in [0.3, 0.4) is 0 Å². The number of anilines is 1. The van der Waals surface area contributed by atoms with Crippen molar-refractivity contribution < 1.29 is 5.11 Å². The lowest BCUT2D eigenvalue weighted by Crippen LogP contribution is -2.20. The minimum Gasteiger partial charge on any atom is -0.390 e. The number of benzene rings is 1. The molecule has 4 nitrogen and oxygen atoms in total. The lowest BCUT2D eigenvalue weighted by molar-refractivity contribution is 0.211. The summed E-state index contributed by atoms with van der Waals surface area (Å²) < 4.78 is 2.17. The Hall–Kier alpha value is -1.26. The molecule has 0 aliphatic heterocycles. The highest BCUT2D eigenvalue weighted by Crippen LogP contribution is 2.20. The first-order chi connectivity index (χ1) is 8.65. The molecule has 2 rings (SSSR count). The van der Waals surface area contributed by atoms with Crippen molar-refractivity contribution in [2.45, 2.75) is 26.5 Å². The van der Waals surface area contributed by atoms with E-state index in [1.54, 1.807) is 0 Å². The maximum absolute atomic E-state index is 9.40. The molecule has 1 unspecified atom stereocenters. The monoisotopic (exact) mass is 267 g/mol. The van der Waals surface area contributed by atoms with Gasteiger partial charge in [0.25, 0.3) is 0 Å². The summed E-state index contributed by atoms with van der Waals surface area (Å²) in [5.74, 6) is 1.25. The molecule has 1 atom stereocenters. The van der Waals surface area contributed by atoms with Crippen LogP contribution in [-0.4, -0.2) is 33.2 Å². The number of rotatable bonds is 5. The standard InChI is InChI=1S/C13H18ClN3O/c1-3-17-9(2)16-12-6-10(4-5-13(12)17)15-8-11(18)7-14/h4-6,11,15,18H,3,7-8H2,1-2H3. The average molecular weight is 268 g/mol. The van der Waals surface area contributed by atoms with Crippen molar-refractivity contribution in [2.75, 3.05) is 17.7 Å². The van der Waals surface area contributed by atoms with Gasteiger partial charge in [-0.15, -0.1) is 11.6 Å². The number of aliphatic hydroxyl groups is 1. The Morgan fingerprint density at radius 2 is 2.28 bits per heavy atom. The fraction of sp³-hybridized carbons (Fsp3) is 0.462. The molecule has 98 valence electrons. The van der Waals surface area contributed by atoms with Crippen LogP contribution in [0.15, 0.2) is 18.2 Å². The maximum Gasteiger partial charge on any atom is 0.106 e. The van der Waals surface area contributed by atoms with Gasteiger partial charge in [-0.05, 0) is 32.0 Å². The average Bonchev–Trinajstić information content (AvgIpc) is 2.70. The molecule has 0 fully saturated rings. The van der Waals surface area contributed by atoms with Gasteiger partial charge < -0.3 is 15.0 Å². The van der Waals surface area contributed by atoms with Gasteiger partial charge in [0.1, 0.15) is 5.82 Å². The summed E-state index contributed by atoms with van der Waals surface area (Å²) in [7, 11) is 0. The van der Waals surface area contributed by atoms with Gasteiger partial charge in [0.05, 0.1) is 23.0 Å². The number of halogens is 1. The second-order valence-electron chi connectivity index (χ2n) is 4.30. The molecule has 1 heterocycles. The van der Waals surface area contributed by atoms with E-state index in [1.807, 2.05) is 25.1 Å². The van der Waals surface area contributed by atoms with E-state index >= 15 is 0 Å². The number of imidazole rings is 1. The van der Waals surface area contributed by atoms with Gasteiger partial charge in [0.15, 0.2) is 0 Å². The fourth-order valence-corrected chi connectivity index (χ4v) is 2.16. The minimum absolute atomic E-state index is 0.235. The predicted octanol–water partition coefficient (Wildman–Crippen LogP) is 2.38. The van der Waals surface area contributed by atoms with E-state index in [-0.39, 0.29) is 5.88 Å². The number of hydrogen-bond donors (Lipinski definition) is 2. The number of nitrogens with zero attached hydrogens (tertiary/aromatic N) is 2. The third kappa shape index (κ3) is 2.60. The summed E-state index contributed by atoms with van der Waals surface area (Å²) >= 11 is 5.55. The topological polar surface area (TPSA) is 50.1 Å². The summed E-state index contributed by atoms with van der Waals surface area (Å²) in [4.78, 5) is 4.53. The predicted molar refractivity (Wildman–Crippen MR) is 75.4 cm³/mol. The Balaban J connectivity index is 2.23. The molecule has 18 heavy (non-hydrogen) atoms. The highest BCUT2D eigenvalue weighted by atomic mass is 35.5. The fourth-order valence-electron chi connectivity index (χ4n) is 2.05. The molecule has 2 N–H and O–H groups in total. The number of fused-ring (bicyclic) bond motifs is 1. The zero-order valence-corrected chi connectivity index (χ0v) is 11.4. The molecular formula is C13H18ClN3O. The molecule has 1 aromatic carbocycles. The zero-order valence-electron chi connectivity index (χ0n) is 10.7. The molecule has 0 spiro atoms. The van der Waals surface area contributed by atoms with E-state index < -0.39 is 6.10 Å². The quantitative estimate of drug-likeness (QED) is 0.818. The summed E-state index contributed by atoms with van der Waals surface area (Å²) in [6.45, 7) is 5.48. The van der Waals surface area contributed by atoms with Crippen LogP contribution >= 0.6 is 11.6 Å². The molecule has 2 aromatic rings. The van der Waals surface area contributed by atoms with Crippen molar-refractivity contribution in [3.63, 3.8) is 0 Å². The Bertz CT molecular complexity index is 538. The van der Waals surface area contributed by atoms with Crippen molar-refractivity contribution in [1.29, 1.82) is 0 Å². The highest BCUT2D eigenvalue weighted by molar-refractivity contribution is 6.18. The van der Waals surface area contributed by atoms with Crippen LogP contribution in [0.2, 0.25) is 0 Å². The Morgan fingerprint density at radius 1 is 1.50 bits per heavy atom. The van der Waals surface area contributed by atoms with Gasteiger partial charge in [0.2, 0.25) is 0 Å². The van der Waals surface area contributed by atoms with Crippen molar-refractivity contribution in [3.8, 4) is 0 Å². The van der Waals surface area contributed by atoms with Gasteiger partial charge in [-0.2, -0.15) is 0 Å². The Morgan fingerprint density at radius 3 is 2.94 bits per heavy atom. The normalized spacial score (nSPS) is 12.9. The summed E-state index contributed by atoms with van der Waals surface area (Å²) in [5.41, 5.74) is 3.06. The smallest absolute Gasteiger partial charge is 0.106 e. The first-order valence-electron chi connectivity index (χ1n) is 6.10. The molecule has 0 aliphatic rings. The number of alkyl halides is 1. The largest absolute Gasteiger partial charge is 0.390 e. The summed E-state index contributed by atoms with van der Waals surface area (Å²) in [6, 6.07) is 6.04. The van der Waals surface area contributed by atoms with Gasteiger partial charge >= 0.3 is 0 Å². The van der Waals surface area contributed by atoms with Crippen LogP contribution < -0.4 is 5.32 Å². The van der Waals surface area contributed by atoms with Crippen molar-refractivity contribution >= 4 is 28.3 Å². The first kappa shape index (κ1) is 13.2. The van der Waals surface area contributed by atoms with Crippen LogP contribution in [0.4, 0.5) is 5.69 Å². The van der Waals surface area contributed by atoms with Crippen LogP contribution in [-0.2, 0) is 6.54 Å². The molecule has 0 aliphatic carbocycles. The first-order valence-corrected chi connectivity index (χ1v) is 6.64. The number of nitrogens with one attached hydrogen (secondary N) is 1. The minimum atomic E-state index is -0.530. The van der Waals surface area contributed by atoms with Crippen LogP contribution in [0.25, 0.3) is 11.0 Å². The van der Waals surface area contributed by atoms with E-state index in [0.717, 1.165) is 29.1 Å². The van der Waals surface area contributed by atoms with Crippen molar-refractivity contribution in [2.24, 2.45) is 0 Å². The van der Waals surface area contributed by atoms with Gasteiger partial charge in [-0.25, -0.2) is 4.98 Å². The number of aryl methyl sites for hydroxylation is 2. The third-order valence-corrected chi connectivity index (χ3v) is 3.33. The number of aliphatic hydroxyl groups excluding tert-OH is 1. The lowest BCUT2D eigenvalue weighted by atomic mass is 10.2. The second-order valence-corrected chi connectivity index (χ2v) is 4.60. The molecule has 1 aromatic heterocycles. The van der Waals surface area contributed by atoms with Gasteiger partial charge in [0, 0.05) is 18.8 Å². The molecule has 0 radical (unpaired) electrons. The van der Waals surface area contributed by atoms with E-state index in [2.05, 4.69) is 21.8 Å². The SMILES string of the molecule is CCn1c(C)nc2cc(NCC(O)CCl)ccc21. The van der Waals surface area contributed by atoms with Gasteiger partial charge in [-0.1, -0.05) is 0 Å². The van der Waals surface area contributed by atoms with E-state index in [4.69, 9.17) is 11.6 Å². The molecule has 0 saturated heterocycles. The molecule has 0 bridgehead atoms.